The number of para-hydroxylation sites is 1. The van der Waals surface area contributed by atoms with Crippen LogP contribution in [0.25, 0.3) is 33.4 Å². The lowest BCUT2D eigenvalue weighted by Crippen LogP contribution is -2.26. The maximum Gasteiger partial charge on any atom is 0.162 e. The van der Waals surface area contributed by atoms with E-state index in [0.717, 1.165) is 64.0 Å². The number of ether oxygens (including phenoxy) is 1. The van der Waals surface area contributed by atoms with Gasteiger partial charge in [0.25, 0.3) is 0 Å². The zero-order valence-electron chi connectivity index (χ0n) is 19.7. The molecule has 176 valence electrons. The normalized spacial score (nSPS) is 14.3. The van der Waals surface area contributed by atoms with Gasteiger partial charge in [0.2, 0.25) is 0 Å². The van der Waals surface area contributed by atoms with Crippen molar-refractivity contribution in [1.82, 2.24) is 9.97 Å². The average molecular weight is 472 g/mol. The van der Waals surface area contributed by atoms with Crippen LogP contribution in [0.5, 0.6) is 5.75 Å². The molecule has 0 unspecified atom stereocenters. The van der Waals surface area contributed by atoms with Gasteiger partial charge in [-0.2, -0.15) is 0 Å². The van der Waals surface area contributed by atoms with Crippen LogP contribution < -0.4 is 20.3 Å². The fourth-order valence-electron chi connectivity index (χ4n) is 5.03. The zero-order valence-corrected chi connectivity index (χ0v) is 19.7. The van der Waals surface area contributed by atoms with E-state index in [1.807, 2.05) is 24.3 Å². The molecule has 36 heavy (non-hydrogen) atoms. The van der Waals surface area contributed by atoms with E-state index in [9.17, 15) is 0 Å². The number of nitrogens with one attached hydrogen (secondary N) is 2. The molecule has 6 nitrogen and oxygen atoms in total. The van der Waals surface area contributed by atoms with Crippen LogP contribution >= 0.6 is 0 Å². The summed E-state index contributed by atoms with van der Waals surface area (Å²) in [5.41, 5.74) is 7.75. The first kappa shape index (κ1) is 20.8. The van der Waals surface area contributed by atoms with Gasteiger partial charge in [0.05, 0.1) is 30.1 Å². The number of hydrogen-bond acceptors (Lipinski definition) is 6. The third kappa shape index (κ3) is 3.67. The highest BCUT2D eigenvalue weighted by Crippen LogP contribution is 2.36. The Morgan fingerprint density at radius 2 is 1.53 bits per heavy atom. The summed E-state index contributed by atoms with van der Waals surface area (Å²) >= 11 is 0. The molecule has 0 bridgehead atoms. The second-order valence-corrected chi connectivity index (χ2v) is 9.14. The van der Waals surface area contributed by atoms with Crippen LogP contribution in [0.15, 0.2) is 91.0 Å². The van der Waals surface area contributed by atoms with E-state index in [0.29, 0.717) is 13.2 Å². The average Bonchev–Trinajstić information content (AvgIpc) is 3.31. The SMILES string of the molecule is c1ccc(-c2nc(N3CCOc4ccc(-c5ccc6c(c5)NCN6)cc4C3)c3ccccc3n2)cc1. The Kier molecular flexibility index (Phi) is 4.94. The van der Waals surface area contributed by atoms with Gasteiger partial charge in [0.1, 0.15) is 18.2 Å². The van der Waals surface area contributed by atoms with Gasteiger partial charge in [0, 0.05) is 23.1 Å². The predicted octanol–water partition coefficient (Wildman–Crippen LogP) is 6.16. The van der Waals surface area contributed by atoms with E-state index in [4.69, 9.17) is 14.7 Å². The first-order chi connectivity index (χ1) is 17.8. The lowest BCUT2D eigenvalue weighted by Gasteiger charge is -2.23. The molecule has 2 N–H and O–H groups in total. The van der Waals surface area contributed by atoms with Gasteiger partial charge in [-0.15, -0.1) is 0 Å². The number of benzene rings is 4. The summed E-state index contributed by atoms with van der Waals surface area (Å²) in [4.78, 5) is 12.3. The molecule has 0 saturated carbocycles. The van der Waals surface area contributed by atoms with E-state index >= 15 is 0 Å². The Morgan fingerprint density at radius 3 is 2.47 bits per heavy atom. The minimum atomic E-state index is 0.597. The molecule has 0 aliphatic carbocycles. The van der Waals surface area contributed by atoms with E-state index in [2.05, 4.69) is 82.3 Å². The lowest BCUT2D eigenvalue weighted by molar-refractivity contribution is 0.331. The number of hydrogen-bond donors (Lipinski definition) is 2. The Labute approximate surface area is 209 Å². The van der Waals surface area contributed by atoms with Crippen molar-refractivity contribution >= 4 is 28.1 Å². The van der Waals surface area contributed by atoms with Gasteiger partial charge in [-0.3, -0.25) is 0 Å². The van der Waals surface area contributed by atoms with Crippen LogP contribution in [0.3, 0.4) is 0 Å². The van der Waals surface area contributed by atoms with Gasteiger partial charge in [0.15, 0.2) is 5.82 Å². The highest BCUT2D eigenvalue weighted by Gasteiger charge is 2.21. The summed E-state index contributed by atoms with van der Waals surface area (Å²) in [6, 6.07) is 31.4. The molecule has 7 rings (SSSR count). The summed E-state index contributed by atoms with van der Waals surface area (Å²) in [6.45, 7) is 2.82. The Morgan fingerprint density at radius 1 is 0.722 bits per heavy atom. The highest BCUT2D eigenvalue weighted by molar-refractivity contribution is 5.91. The molecule has 0 saturated heterocycles. The summed E-state index contributed by atoms with van der Waals surface area (Å²) in [5, 5.41) is 7.78. The van der Waals surface area contributed by atoms with Crippen molar-refractivity contribution in [2.45, 2.75) is 6.54 Å². The first-order valence-electron chi connectivity index (χ1n) is 12.3. The van der Waals surface area contributed by atoms with Gasteiger partial charge in [-0.05, 0) is 47.5 Å². The maximum atomic E-state index is 6.18. The standard InChI is InChI=1S/C30H25N5O/c1-2-6-20(7-3-1)29-33-25-9-5-4-8-24(25)30(34-29)35-14-15-36-28-13-11-21(16-23(28)18-35)22-10-12-26-27(17-22)32-19-31-26/h1-13,16-17,31-32H,14-15,18-19H2. The second-order valence-electron chi connectivity index (χ2n) is 9.14. The molecule has 3 heterocycles. The predicted molar refractivity (Wildman–Crippen MR) is 146 cm³/mol. The van der Waals surface area contributed by atoms with Crippen molar-refractivity contribution in [1.29, 1.82) is 0 Å². The molecule has 0 amide bonds. The molecule has 0 fully saturated rings. The Hall–Kier alpha value is -4.58. The molecular formula is C30H25N5O. The van der Waals surface area contributed by atoms with Crippen LogP contribution in [0, 0.1) is 0 Å². The summed E-state index contributed by atoms with van der Waals surface area (Å²) in [6.07, 6.45) is 0. The molecule has 0 spiro atoms. The number of rotatable bonds is 3. The minimum Gasteiger partial charge on any atom is -0.491 e. The molecular weight excluding hydrogens is 446 g/mol. The molecule has 2 aliphatic rings. The molecule has 4 aromatic carbocycles. The van der Waals surface area contributed by atoms with Gasteiger partial charge in [-0.1, -0.05) is 54.6 Å². The number of anilines is 3. The van der Waals surface area contributed by atoms with Gasteiger partial charge < -0.3 is 20.3 Å². The van der Waals surface area contributed by atoms with Gasteiger partial charge >= 0.3 is 0 Å². The lowest BCUT2D eigenvalue weighted by atomic mass is 10.0. The first-order valence-corrected chi connectivity index (χ1v) is 12.3. The van der Waals surface area contributed by atoms with Crippen LogP contribution in [0.4, 0.5) is 17.2 Å². The maximum absolute atomic E-state index is 6.18. The zero-order chi connectivity index (χ0) is 23.9. The third-order valence-corrected chi connectivity index (χ3v) is 6.87. The second kappa shape index (κ2) is 8.57. The van der Waals surface area contributed by atoms with Crippen LogP contribution in [0.1, 0.15) is 5.56 Å². The van der Waals surface area contributed by atoms with Crippen molar-refractivity contribution in [3.05, 3.63) is 96.6 Å². The molecule has 0 radical (unpaired) electrons. The van der Waals surface area contributed by atoms with E-state index < -0.39 is 0 Å². The van der Waals surface area contributed by atoms with Crippen molar-refractivity contribution < 1.29 is 4.74 Å². The number of fused-ring (bicyclic) bond motifs is 3. The summed E-state index contributed by atoms with van der Waals surface area (Å²) in [7, 11) is 0. The monoisotopic (exact) mass is 471 g/mol. The fraction of sp³-hybridized carbons (Fsp3) is 0.133. The Balaban J connectivity index is 1.29. The van der Waals surface area contributed by atoms with E-state index in [1.165, 1.54) is 11.1 Å². The van der Waals surface area contributed by atoms with Crippen LogP contribution in [-0.2, 0) is 6.54 Å². The van der Waals surface area contributed by atoms with Crippen molar-refractivity contribution in [3.63, 3.8) is 0 Å². The molecule has 5 aromatic rings. The van der Waals surface area contributed by atoms with Crippen molar-refractivity contribution in [2.75, 3.05) is 35.4 Å². The molecule has 1 aromatic heterocycles. The quantitative estimate of drug-likeness (QED) is 0.329. The van der Waals surface area contributed by atoms with Gasteiger partial charge in [-0.25, -0.2) is 9.97 Å². The largest absolute Gasteiger partial charge is 0.491 e. The van der Waals surface area contributed by atoms with Crippen LogP contribution in [-0.4, -0.2) is 29.8 Å². The summed E-state index contributed by atoms with van der Waals surface area (Å²) in [5.74, 6) is 2.61. The number of aromatic nitrogens is 2. The third-order valence-electron chi connectivity index (χ3n) is 6.87. The van der Waals surface area contributed by atoms with Crippen molar-refractivity contribution in [3.8, 4) is 28.3 Å². The minimum absolute atomic E-state index is 0.597. The van der Waals surface area contributed by atoms with E-state index in [-0.39, 0.29) is 0 Å². The molecule has 0 atom stereocenters. The smallest absolute Gasteiger partial charge is 0.162 e. The Bertz CT molecular complexity index is 1580. The topological polar surface area (TPSA) is 62.3 Å². The van der Waals surface area contributed by atoms with Crippen LogP contribution in [0.2, 0.25) is 0 Å². The highest BCUT2D eigenvalue weighted by atomic mass is 16.5. The number of nitrogens with zero attached hydrogens (tertiary/aromatic N) is 3. The van der Waals surface area contributed by atoms with Crippen molar-refractivity contribution in [2.24, 2.45) is 0 Å². The van der Waals surface area contributed by atoms with E-state index in [1.54, 1.807) is 0 Å². The fourth-order valence-corrected chi connectivity index (χ4v) is 5.03. The summed E-state index contributed by atoms with van der Waals surface area (Å²) < 4.78 is 6.18. The molecule has 2 aliphatic heterocycles. The molecule has 6 heteroatoms.